The van der Waals surface area contributed by atoms with Crippen molar-refractivity contribution in [1.29, 1.82) is 0 Å². The van der Waals surface area contributed by atoms with Gasteiger partial charge in [-0.15, -0.1) is 12.4 Å². The molecule has 4 rings (SSSR count). The Hall–Kier alpha value is -2.50. The van der Waals surface area contributed by atoms with Crippen molar-refractivity contribution in [3.05, 3.63) is 54.3 Å². The number of hydrogen-bond acceptors (Lipinski definition) is 4. The zero-order valence-electron chi connectivity index (χ0n) is 15.1. The van der Waals surface area contributed by atoms with Gasteiger partial charge in [0.05, 0.1) is 7.11 Å². The summed E-state index contributed by atoms with van der Waals surface area (Å²) in [5.41, 5.74) is 8.46. The van der Waals surface area contributed by atoms with Crippen LogP contribution in [-0.4, -0.2) is 25.6 Å². The third kappa shape index (κ3) is 3.94. The molecule has 1 aromatic heterocycles. The monoisotopic (exact) mass is 386 g/mol. The predicted octanol–water partition coefficient (Wildman–Crippen LogP) is 4.00. The first-order valence-corrected chi connectivity index (χ1v) is 8.87. The van der Waals surface area contributed by atoms with Crippen LogP contribution in [0.2, 0.25) is 0 Å². The van der Waals surface area contributed by atoms with E-state index in [2.05, 4.69) is 5.32 Å². The lowest BCUT2D eigenvalue weighted by Crippen LogP contribution is -2.38. The van der Waals surface area contributed by atoms with Gasteiger partial charge in [-0.05, 0) is 36.5 Å². The Labute approximate surface area is 164 Å². The van der Waals surface area contributed by atoms with Gasteiger partial charge in [-0.1, -0.05) is 30.3 Å². The molecule has 3 aromatic rings. The van der Waals surface area contributed by atoms with Crippen molar-refractivity contribution < 1.29 is 13.9 Å². The van der Waals surface area contributed by atoms with Crippen LogP contribution < -0.4 is 15.8 Å². The average molecular weight is 387 g/mol. The third-order valence-electron chi connectivity index (χ3n) is 4.89. The number of nitrogens with one attached hydrogen (secondary N) is 1. The van der Waals surface area contributed by atoms with Gasteiger partial charge in [0.2, 0.25) is 5.76 Å². The van der Waals surface area contributed by atoms with Crippen molar-refractivity contribution >= 4 is 29.3 Å². The molecule has 142 valence electrons. The number of fused-ring (bicyclic) bond motifs is 1. The van der Waals surface area contributed by atoms with Crippen LogP contribution in [0, 0.1) is 5.92 Å². The molecule has 27 heavy (non-hydrogen) atoms. The molecule has 0 radical (unpaired) electrons. The Morgan fingerprint density at radius 2 is 2.00 bits per heavy atom. The van der Waals surface area contributed by atoms with Crippen molar-refractivity contribution in [2.75, 3.05) is 13.7 Å². The highest BCUT2D eigenvalue weighted by atomic mass is 35.5. The molecule has 6 heteroatoms. The first-order valence-electron chi connectivity index (χ1n) is 8.87. The fourth-order valence-electron chi connectivity index (χ4n) is 3.24. The molecular weight excluding hydrogens is 364 g/mol. The van der Waals surface area contributed by atoms with Crippen molar-refractivity contribution in [2.24, 2.45) is 11.7 Å². The number of hydrogen-bond donors (Lipinski definition) is 2. The molecule has 1 heterocycles. The second kappa shape index (κ2) is 8.03. The molecule has 5 nitrogen and oxygen atoms in total. The molecule has 2 aromatic carbocycles. The van der Waals surface area contributed by atoms with Gasteiger partial charge in [0.25, 0.3) is 5.91 Å². The number of furan rings is 1. The molecule has 1 aliphatic rings. The summed E-state index contributed by atoms with van der Waals surface area (Å²) in [5, 5.41) is 3.81. The summed E-state index contributed by atoms with van der Waals surface area (Å²) in [7, 11) is 1.61. The quantitative estimate of drug-likeness (QED) is 0.671. The SMILES string of the molecule is COc1ccc2c(-c3ccccc3)c(C(=O)NCC(N)C3CC3)oc2c1.Cl. The van der Waals surface area contributed by atoms with Crippen LogP contribution in [0.1, 0.15) is 23.4 Å². The van der Waals surface area contributed by atoms with E-state index in [1.54, 1.807) is 13.2 Å². The Bertz CT molecular complexity index is 935. The number of carbonyl (C=O) groups excluding carboxylic acids is 1. The van der Waals surface area contributed by atoms with E-state index >= 15 is 0 Å². The van der Waals surface area contributed by atoms with E-state index in [-0.39, 0.29) is 24.4 Å². The number of benzene rings is 2. The molecule has 1 amide bonds. The van der Waals surface area contributed by atoms with Crippen LogP contribution in [0.25, 0.3) is 22.1 Å². The van der Waals surface area contributed by atoms with Crippen LogP contribution in [0.5, 0.6) is 5.75 Å². The standard InChI is InChI=1S/C21H22N2O3.ClH/c1-25-15-9-10-16-18(11-15)26-20(19(16)14-5-3-2-4-6-14)21(24)23-12-17(22)13-7-8-13;/h2-6,9-11,13,17H,7-8,12,22H2,1H3,(H,23,24);1H. The van der Waals surface area contributed by atoms with Crippen molar-refractivity contribution in [3.8, 4) is 16.9 Å². The van der Waals surface area contributed by atoms with Gasteiger partial charge in [0.1, 0.15) is 11.3 Å². The highest BCUT2D eigenvalue weighted by molar-refractivity contribution is 6.08. The molecule has 1 atom stereocenters. The number of methoxy groups -OCH3 is 1. The number of nitrogens with two attached hydrogens (primary N) is 1. The predicted molar refractivity (Wildman–Crippen MR) is 108 cm³/mol. The number of halogens is 1. The van der Waals surface area contributed by atoms with E-state index in [1.807, 2.05) is 42.5 Å². The zero-order valence-corrected chi connectivity index (χ0v) is 15.9. The van der Waals surface area contributed by atoms with Gasteiger partial charge < -0.3 is 20.2 Å². The first-order chi connectivity index (χ1) is 12.7. The lowest BCUT2D eigenvalue weighted by molar-refractivity contribution is 0.0925. The van der Waals surface area contributed by atoms with Crippen LogP contribution in [0.15, 0.2) is 52.9 Å². The van der Waals surface area contributed by atoms with Crippen LogP contribution in [0.4, 0.5) is 0 Å². The first kappa shape index (κ1) is 19.3. The Morgan fingerprint density at radius 3 is 2.67 bits per heavy atom. The van der Waals surface area contributed by atoms with E-state index in [9.17, 15) is 4.79 Å². The highest BCUT2D eigenvalue weighted by Crippen LogP contribution is 2.36. The fraction of sp³-hybridized carbons (Fsp3) is 0.286. The molecular formula is C21H23ClN2O3. The molecule has 0 aliphatic heterocycles. The molecule has 0 saturated heterocycles. The van der Waals surface area contributed by atoms with E-state index in [1.165, 1.54) is 0 Å². The summed E-state index contributed by atoms with van der Waals surface area (Å²) < 4.78 is 11.2. The number of amides is 1. The average Bonchev–Trinajstić information content (AvgIpc) is 3.46. The molecule has 3 N–H and O–H groups in total. The maximum absolute atomic E-state index is 12.8. The maximum Gasteiger partial charge on any atom is 0.287 e. The molecule has 0 bridgehead atoms. The van der Waals surface area contributed by atoms with Crippen molar-refractivity contribution in [1.82, 2.24) is 5.32 Å². The van der Waals surface area contributed by atoms with Gasteiger partial charge >= 0.3 is 0 Å². The topological polar surface area (TPSA) is 77.5 Å². The Morgan fingerprint density at radius 1 is 1.26 bits per heavy atom. The summed E-state index contributed by atoms with van der Waals surface area (Å²) in [6.45, 7) is 0.456. The van der Waals surface area contributed by atoms with E-state index in [4.69, 9.17) is 14.9 Å². The summed E-state index contributed by atoms with van der Waals surface area (Å²) in [4.78, 5) is 12.8. The minimum Gasteiger partial charge on any atom is -0.497 e. The Balaban J connectivity index is 0.00000210. The van der Waals surface area contributed by atoms with Gasteiger partial charge in [-0.3, -0.25) is 4.79 Å². The summed E-state index contributed by atoms with van der Waals surface area (Å²) in [6.07, 6.45) is 2.30. The van der Waals surface area contributed by atoms with E-state index in [0.29, 0.717) is 29.6 Å². The second-order valence-corrected chi connectivity index (χ2v) is 6.75. The van der Waals surface area contributed by atoms with Crippen molar-refractivity contribution in [3.63, 3.8) is 0 Å². The smallest absolute Gasteiger partial charge is 0.287 e. The summed E-state index contributed by atoms with van der Waals surface area (Å²) in [6, 6.07) is 15.4. The van der Waals surface area contributed by atoms with Crippen LogP contribution in [-0.2, 0) is 0 Å². The van der Waals surface area contributed by atoms with Crippen LogP contribution >= 0.6 is 12.4 Å². The largest absolute Gasteiger partial charge is 0.497 e. The maximum atomic E-state index is 12.8. The minimum absolute atomic E-state index is 0. The zero-order chi connectivity index (χ0) is 18.1. The number of carbonyl (C=O) groups is 1. The normalized spacial score (nSPS) is 14.4. The molecule has 1 fully saturated rings. The molecule has 1 unspecified atom stereocenters. The van der Waals surface area contributed by atoms with Gasteiger partial charge in [-0.25, -0.2) is 0 Å². The lowest BCUT2D eigenvalue weighted by Gasteiger charge is -2.11. The van der Waals surface area contributed by atoms with Gasteiger partial charge in [-0.2, -0.15) is 0 Å². The Kier molecular flexibility index (Phi) is 5.73. The third-order valence-corrected chi connectivity index (χ3v) is 4.89. The molecule has 0 spiro atoms. The highest BCUT2D eigenvalue weighted by Gasteiger charge is 2.29. The summed E-state index contributed by atoms with van der Waals surface area (Å²) >= 11 is 0. The fourth-order valence-corrected chi connectivity index (χ4v) is 3.24. The lowest BCUT2D eigenvalue weighted by atomic mass is 10.0. The van der Waals surface area contributed by atoms with Crippen LogP contribution in [0.3, 0.4) is 0 Å². The van der Waals surface area contributed by atoms with Crippen molar-refractivity contribution in [2.45, 2.75) is 18.9 Å². The number of rotatable bonds is 6. The molecule has 1 saturated carbocycles. The van der Waals surface area contributed by atoms with Gasteiger partial charge in [0, 0.05) is 29.6 Å². The minimum atomic E-state index is -0.241. The summed E-state index contributed by atoms with van der Waals surface area (Å²) in [5.74, 6) is 1.29. The number of ether oxygens (including phenoxy) is 1. The van der Waals surface area contributed by atoms with Gasteiger partial charge in [0.15, 0.2) is 0 Å². The second-order valence-electron chi connectivity index (χ2n) is 6.75. The van der Waals surface area contributed by atoms with E-state index < -0.39 is 0 Å². The van der Waals surface area contributed by atoms with E-state index in [0.717, 1.165) is 29.4 Å². The molecule has 1 aliphatic carbocycles.